The fourth-order valence-electron chi connectivity index (χ4n) is 1.97. The van der Waals surface area contributed by atoms with E-state index in [0.717, 1.165) is 17.4 Å². The molecule has 0 spiro atoms. The number of hydrogen-bond acceptors (Lipinski definition) is 2. The molecule has 0 saturated carbocycles. The average molecular weight is 260 g/mol. The third-order valence-corrected chi connectivity index (χ3v) is 2.91. The van der Waals surface area contributed by atoms with Crippen molar-refractivity contribution in [2.24, 2.45) is 0 Å². The summed E-state index contributed by atoms with van der Waals surface area (Å²) in [5.74, 6) is -0.110. The molecule has 0 radical (unpaired) electrons. The van der Waals surface area contributed by atoms with Crippen molar-refractivity contribution in [2.75, 3.05) is 7.11 Å². The molecule has 0 aliphatic heterocycles. The van der Waals surface area contributed by atoms with Crippen molar-refractivity contribution in [1.29, 1.82) is 0 Å². The molecule has 0 bridgehead atoms. The van der Waals surface area contributed by atoms with Gasteiger partial charge in [0, 0.05) is 17.0 Å². The second-order valence-corrected chi connectivity index (χ2v) is 4.15. The molecule has 0 fully saturated rings. The van der Waals surface area contributed by atoms with Gasteiger partial charge in [0.05, 0.1) is 7.11 Å². The predicted octanol–water partition coefficient (Wildman–Crippen LogP) is 4.39. The lowest BCUT2D eigenvalue weighted by Gasteiger charge is -2.00. The summed E-state index contributed by atoms with van der Waals surface area (Å²) in [5, 5.41) is 0.406. The van der Waals surface area contributed by atoms with E-state index in [0.29, 0.717) is 11.1 Å². The number of ether oxygens (including phenoxy) is 1. The SMILES string of the molecule is COc1ccc(-c2cc3cc(F)cc(F)c3o2)cc1. The molecule has 0 aliphatic carbocycles. The first-order chi connectivity index (χ1) is 9.17. The van der Waals surface area contributed by atoms with Crippen LogP contribution in [0.5, 0.6) is 5.75 Å². The van der Waals surface area contributed by atoms with E-state index in [1.807, 2.05) is 0 Å². The second kappa shape index (κ2) is 4.39. The van der Waals surface area contributed by atoms with Gasteiger partial charge in [-0.15, -0.1) is 0 Å². The maximum atomic E-state index is 13.5. The number of benzene rings is 2. The van der Waals surface area contributed by atoms with E-state index in [9.17, 15) is 8.78 Å². The summed E-state index contributed by atoms with van der Waals surface area (Å²) in [4.78, 5) is 0. The fourth-order valence-corrected chi connectivity index (χ4v) is 1.97. The highest BCUT2D eigenvalue weighted by Crippen LogP contribution is 2.30. The molecule has 19 heavy (non-hydrogen) atoms. The summed E-state index contributed by atoms with van der Waals surface area (Å²) in [6, 6.07) is 10.8. The van der Waals surface area contributed by atoms with Crippen LogP contribution < -0.4 is 4.74 Å². The average Bonchev–Trinajstić information content (AvgIpc) is 2.83. The van der Waals surface area contributed by atoms with Gasteiger partial charge in [-0.2, -0.15) is 0 Å². The number of hydrogen-bond donors (Lipinski definition) is 0. The standard InChI is InChI=1S/C15H10F2O2/c1-18-12-4-2-9(3-5-12)14-7-10-6-11(16)8-13(17)15(10)19-14/h2-8H,1H3. The number of rotatable bonds is 2. The Hall–Kier alpha value is -2.36. The summed E-state index contributed by atoms with van der Waals surface area (Å²) >= 11 is 0. The molecule has 2 nitrogen and oxygen atoms in total. The van der Waals surface area contributed by atoms with E-state index in [2.05, 4.69) is 0 Å². The van der Waals surface area contributed by atoms with Crippen molar-refractivity contribution < 1.29 is 17.9 Å². The molecule has 3 aromatic rings. The van der Waals surface area contributed by atoms with Crippen molar-refractivity contribution in [1.82, 2.24) is 0 Å². The summed E-state index contributed by atoms with van der Waals surface area (Å²) < 4.78 is 37.1. The molecule has 0 amide bonds. The highest BCUT2D eigenvalue weighted by molar-refractivity contribution is 5.83. The third kappa shape index (κ3) is 2.05. The molecule has 0 saturated heterocycles. The molecule has 3 rings (SSSR count). The Morgan fingerprint density at radius 2 is 1.74 bits per heavy atom. The van der Waals surface area contributed by atoms with Gasteiger partial charge in [-0.1, -0.05) is 0 Å². The normalized spacial score (nSPS) is 10.9. The van der Waals surface area contributed by atoms with E-state index in [-0.39, 0.29) is 5.58 Å². The summed E-state index contributed by atoms with van der Waals surface area (Å²) in [5.41, 5.74) is 0.837. The number of halogens is 2. The first kappa shape index (κ1) is 11.7. The molecule has 0 aliphatic rings. The van der Waals surface area contributed by atoms with Crippen LogP contribution in [0.3, 0.4) is 0 Å². The van der Waals surface area contributed by atoms with Crippen molar-refractivity contribution >= 4 is 11.0 Å². The quantitative estimate of drug-likeness (QED) is 0.682. The molecule has 2 aromatic carbocycles. The van der Waals surface area contributed by atoms with Gasteiger partial charge in [0.15, 0.2) is 11.4 Å². The largest absolute Gasteiger partial charge is 0.497 e. The van der Waals surface area contributed by atoms with Crippen LogP contribution in [0.4, 0.5) is 8.78 Å². The molecule has 0 N–H and O–H groups in total. The minimum absolute atomic E-state index is 0.0622. The maximum absolute atomic E-state index is 13.5. The van der Waals surface area contributed by atoms with E-state index < -0.39 is 11.6 Å². The highest BCUT2D eigenvalue weighted by atomic mass is 19.1. The van der Waals surface area contributed by atoms with Gasteiger partial charge in [0.1, 0.15) is 17.3 Å². The zero-order valence-corrected chi connectivity index (χ0v) is 10.1. The number of methoxy groups -OCH3 is 1. The van der Waals surface area contributed by atoms with Crippen LogP contribution in [0, 0.1) is 11.6 Å². The van der Waals surface area contributed by atoms with E-state index >= 15 is 0 Å². The first-order valence-electron chi connectivity index (χ1n) is 5.70. The Morgan fingerprint density at radius 3 is 2.42 bits per heavy atom. The van der Waals surface area contributed by atoms with Crippen molar-refractivity contribution in [3.05, 3.63) is 54.1 Å². The Morgan fingerprint density at radius 1 is 1.00 bits per heavy atom. The summed E-state index contributed by atoms with van der Waals surface area (Å²) in [7, 11) is 1.58. The second-order valence-electron chi connectivity index (χ2n) is 4.15. The van der Waals surface area contributed by atoms with Gasteiger partial charge in [-0.3, -0.25) is 0 Å². The fraction of sp³-hybridized carbons (Fsp3) is 0.0667. The first-order valence-corrected chi connectivity index (χ1v) is 5.70. The van der Waals surface area contributed by atoms with Gasteiger partial charge in [-0.05, 0) is 36.4 Å². The minimum atomic E-state index is -0.699. The van der Waals surface area contributed by atoms with Crippen LogP contribution in [0.1, 0.15) is 0 Å². The topological polar surface area (TPSA) is 22.4 Å². The van der Waals surface area contributed by atoms with Crippen LogP contribution in [0.15, 0.2) is 46.9 Å². The van der Waals surface area contributed by atoms with Crippen LogP contribution in [-0.2, 0) is 0 Å². The van der Waals surface area contributed by atoms with Crippen molar-refractivity contribution in [2.45, 2.75) is 0 Å². The lowest BCUT2D eigenvalue weighted by Crippen LogP contribution is -1.81. The van der Waals surface area contributed by atoms with Crippen molar-refractivity contribution in [3.63, 3.8) is 0 Å². The van der Waals surface area contributed by atoms with Crippen LogP contribution in [0.25, 0.3) is 22.3 Å². The predicted molar refractivity (Wildman–Crippen MR) is 68.1 cm³/mol. The molecule has 0 unspecified atom stereocenters. The highest BCUT2D eigenvalue weighted by Gasteiger charge is 2.11. The Bertz CT molecular complexity index is 730. The maximum Gasteiger partial charge on any atom is 0.170 e. The van der Waals surface area contributed by atoms with E-state index in [1.54, 1.807) is 37.4 Å². The Balaban J connectivity index is 2.12. The van der Waals surface area contributed by atoms with Crippen molar-refractivity contribution in [3.8, 4) is 17.1 Å². The monoisotopic (exact) mass is 260 g/mol. The zero-order chi connectivity index (χ0) is 13.4. The molecule has 1 aromatic heterocycles. The summed E-state index contributed by atoms with van der Waals surface area (Å²) in [6.45, 7) is 0. The van der Waals surface area contributed by atoms with E-state index in [1.165, 1.54) is 6.07 Å². The molecular formula is C15H10F2O2. The number of fused-ring (bicyclic) bond motifs is 1. The molecule has 0 atom stereocenters. The molecule has 4 heteroatoms. The van der Waals surface area contributed by atoms with Crippen LogP contribution >= 0.6 is 0 Å². The van der Waals surface area contributed by atoms with Gasteiger partial charge in [0.2, 0.25) is 0 Å². The minimum Gasteiger partial charge on any atom is -0.497 e. The summed E-state index contributed by atoms with van der Waals surface area (Å²) in [6.07, 6.45) is 0. The zero-order valence-electron chi connectivity index (χ0n) is 10.1. The van der Waals surface area contributed by atoms with Crippen LogP contribution in [0.2, 0.25) is 0 Å². The molecule has 1 heterocycles. The Kier molecular flexibility index (Phi) is 2.71. The number of furan rings is 1. The smallest absolute Gasteiger partial charge is 0.170 e. The van der Waals surface area contributed by atoms with E-state index in [4.69, 9.17) is 9.15 Å². The lowest BCUT2D eigenvalue weighted by atomic mass is 10.1. The van der Waals surface area contributed by atoms with Crippen LogP contribution in [-0.4, -0.2) is 7.11 Å². The third-order valence-electron chi connectivity index (χ3n) is 2.91. The lowest BCUT2D eigenvalue weighted by molar-refractivity contribution is 0.415. The molecular weight excluding hydrogens is 250 g/mol. The Labute approximate surface area is 108 Å². The van der Waals surface area contributed by atoms with Gasteiger partial charge in [0.25, 0.3) is 0 Å². The van der Waals surface area contributed by atoms with Gasteiger partial charge >= 0.3 is 0 Å². The van der Waals surface area contributed by atoms with Gasteiger partial charge in [-0.25, -0.2) is 8.78 Å². The molecule has 96 valence electrons. The van der Waals surface area contributed by atoms with Gasteiger partial charge < -0.3 is 9.15 Å².